The van der Waals surface area contributed by atoms with Crippen LogP contribution in [0.25, 0.3) is 10.2 Å². The van der Waals surface area contributed by atoms with Crippen LogP contribution in [0.5, 0.6) is 0 Å². The number of anilines is 1. The summed E-state index contributed by atoms with van der Waals surface area (Å²) < 4.78 is 2.19. The summed E-state index contributed by atoms with van der Waals surface area (Å²) in [6.07, 6.45) is 1.45. The van der Waals surface area contributed by atoms with Gasteiger partial charge < -0.3 is 0 Å². The Bertz CT molecular complexity index is 1410. The Kier molecular flexibility index (Phi) is 4.56. The number of nitro benzene ring substituents is 1. The van der Waals surface area contributed by atoms with E-state index in [1.165, 1.54) is 40.4 Å². The summed E-state index contributed by atoms with van der Waals surface area (Å²) in [5.74, 6) is -1.95. The highest BCUT2D eigenvalue weighted by Gasteiger charge is 2.41. The molecule has 1 aliphatic heterocycles. The molecule has 158 valence electrons. The number of amides is 1. The maximum Gasteiger partial charge on any atom is 0.300 e. The van der Waals surface area contributed by atoms with E-state index in [0.29, 0.717) is 5.01 Å². The highest BCUT2D eigenvalue weighted by atomic mass is 32.1. The number of para-hydroxylation sites is 2. The van der Waals surface area contributed by atoms with E-state index in [-0.39, 0.29) is 41.5 Å². The molecule has 5 rings (SSSR count). The Morgan fingerprint density at radius 2 is 1.94 bits per heavy atom. The molecule has 0 N–H and O–H groups in total. The number of hydrogen-bond acceptors (Lipinski definition) is 9. The predicted molar refractivity (Wildman–Crippen MR) is 113 cm³/mol. The molecule has 0 spiro atoms. The monoisotopic (exact) mass is 448 g/mol. The van der Waals surface area contributed by atoms with Gasteiger partial charge in [-0.05, 0) is 18.2 Å². The normalized spacial score (nSPS) is 13.1. The fourth-order valence-electron chi connectivity index (χ4n) is 3.49. The summed E-state index contributed by atoms with van der Waals surface area (Å²) in [4.78, 5) is 53.3. The fourth-order valence-corrected chi connectivity index (χ4v) is 4.39. The molecule has 11 nitrogen and oxygen atoms in total. The van der Waals surface area contributed by atoms with Crippen LogP contribution in [0, 0.1) is 10.1 Å². The van der Waals surface area contributed by atoms with E-state index in [1.54, 1.807) is 0 Å². The van der Waals surface area contributed by atoms with E-state index in [9.17, 15) is 24.5 Å². The molecule has 4 aromatic rings. The van der Waals surface area contributed by atoms with Crippen molar-refractivity contribution in [3.05, 3.63) is 75.0 Å². The molecular weight excluding hydrogens is 436 g/mol. The van der Waals surface area contributed by atoms with Gasteiger partial charge in [-0.3, -0.25) is 29.4 Å². The Balaban J connectivity index is 1.37. The van der Waals surface area contributed by atoms with E-state index in [0.717, 1.165) is 15.1 Å². The largest absolute Gasteiger partial charge is 0.300 e. The van der Waals surface area contributed by atoms with Gasteiger partial charge in [-0.15, -0.1) is 16.4 Å². The topological polar surface area (TPSA) is 141 Å². The molecule has 2 aromatic heterocycles. The van der Waals surface area contributed by atoms with E-state index >= 15 is 0 Å². The number of aromatic nitrogens is 4. The molecule has 3 heterocycles. The van der Waals surface area contributed by atoms with E-state index < -0.39 is 16.6 Å². The lowest BCUT2D eigenvalue weighted by Gasteiger charge is -2.14. The minimum absolute atomic E-state index is 0.0254. The van der Waals surface area contributed by atoms with Crippen LogP contribution >= 0.6 is 11.3 Å². The molecule has 2 aromatic carbocycles. The smallest absolute Gasteiger partial charge is 0.293 e. The van der Waals surface area contributed by atoms with Gasteiger partial charge in [0.05, 0.1) is 33.4 Å². The summed E-state index contributed by atoms with van der Waals surface area (Å²) in [6, 6.07) is 11.4. The molecule has 1 amide bonds. The van der Waals surface area contributed by atoms with Crippen molar-refractivity contribution in [1.82, 2.24) is 20.0 Å². The maximum atomic E-state index is 12.6. The van der Waals surface area contributed by atoms with Crippen molar-refractivity contribution in [1.29, 1.82) is 0 Å². The number of nitrogens with zero attached hydrogens (tertiary/aromatic N) is 6. The lowest BCUT2D eigenvalue weighted by atomic mass is 10.1. The molecule has 0 saturated heterocycles. The quantitative estimate of drug-likeness (QED) is 0.189. The van der Waals surface area contributed by atoms with Crippen molar-refractivity contribution in [2.24, 2.45) is 0 Å². The number of ketones is 2. The first-order valence-corrected chi connectivity index (χ1v) is 10.2. The molecule has 0 radical (unpaired) electrons. The first-order chi connectivity index (χ1) is 15.4. The summed E-state index contributed by atoms with van der Waals surface area (Å²) in [7, 11) is 0. The SMILES string of the molecule is O=C(Cn1cc(CN2C(=O)C(=O)c3cccc([N+](=O)[O-])c32)nn1)c1nc2ccccc2s1. The fraction of sp³-hybridized carbons (Fsp3) is 0.100. The van der Waals surface area contributed by atoms with Gasteiger partial charge in [0, 0.05) is 6.07 Å². The van der Waals surface area contributed by atoms with Crippen LogP contribution in [0.1, 0.15) is 25.9 Å². The summed E-state index contributed by atoms with van der Waals surface area (Å²) in [5.41, 5.74) is 0.571. The third-order valence-corrected chi connectivity index (χ3v) is 5.99. The predicted octanol–water partition coefficient (Wildman–Crippen LogP) is 2.41. The standard InChI is InChI=1S/C20H12N6O5S/c27-15(19-21-13-5-1-2-7-16(13)32-19)10-24-8-11(22-23-24)9-25-17-12(18(28)20(25)29)4-3-6-14(17)26(30)31/h1-8H,9-10H2. The van der Waals surface area contributed by atoms with Crippen LogP contribution in [0.4, 0.5) is 11.4 Å². The van der Waals surface area contributed by atoms with Gasteiger partial charge in [-0.1, -0.05) is 23.4 Å². The third-order valence-electron chi connectivity index (χ3n) is 4.91. The minimum Gasteiger partial charge on any atom is -0.293 e. The van der Waals surface area contributed by atoms with Crippen molar-refractivity contribution in [2.75, 3.05) is 4.90 Å². The molecule has 12 heteroatoms. The van der Waals surface area contributed by atoms with Gasteiger partial charge in [0.1, 0.15) is 17.9 Å². The van der Waals surface area contributed by atoms with Gasteiger partial charge in [0.15, 0.2) is 5.01 Å². The zero-order valence-corrected chi connectivity index (χ0v) is 17.0. The second-order valence-corrected chi connectivity index (χ2v) is 8.00. The highest BCUT2D eigenvalue weighted by Crippen LogP contribution is 2.38. The zero-order valence-electron chi connectivity index (χ0n) is 16.2. The number of rotatable bonds is 6. The highest BCUT2D eigenvalue weighted by molar-refractivity contribution is 7.20. The number of carbonyl (C=O) groups is 3. The van der Waals surface area contributed by atoms with E-state index in [1.807, 2.05) is 24.3 Å². The molecule has 1 aliphatic rings. The number of fused-ring (bicyclic) bond motifs is 2. The first kappa shape index (κ1) is 19.6. The Morgan fingerprint density at radius 1 is 1.12 bits per heavy atom. The molecule has 0 bridgehead atoms. The van der Waals surface area contributed by atoms with Crippen LogP contribution in [-0.2, 0) is 17.9 Å². The van der Waals surface area contributed by atoms with Crippen molar-refractivity contribution in [2.45, 2.75) is 13.1 Å². The van der Waals surface area contributed by atoms with Gasteiger partial charge in [-0.2, -0.15) is 0 Å². The molecule has 0 fully saturated rings. The van der Waals surface area contributed by atoms with E-state index in [4.69, 9.17) is 0 Å². The minimum atomic E-state index is -0.880. The Labute approximate surface area is 183 Å². The van der Waals surface area contributed by atoms with Crippen LogP contribution in [0.3, 0.4) is 0 Å². The van der Waals surface area contributed by atoms with Crippen LogP contribution in [-0.4, -0.2) is 42.4 Å². The average Bonchev–Trinajstić information content (AvgIpc) is 3.47. The second-order valence-electron chi connectivity index (χ2n) is 6.97. The zero-order chi connectivity index (χ0) is 22.4. The lowest BCUT2D eigenvalue weighted by molar-refractivity contribution is -0.384. The Hall–Kier alpha value is -4.32. The molecule has 0 unspecified atom stereocenters. The first-order valence-electron chi connectivity index (χ1n) is 9.34. The van der Waals surface area contributed by atoms with Gasteiger partial charge in [-0.25, -0.2) is 9.67 Å². The van der Waals surface area contributed by atoms with Crippen molar-refractivity contribution in [3.8, 4) is 0 Å². The van der Waals surface area contributed by atoms with Crippen LogP contribution in [0.2, 0.25) is 0 Å². The molecule has 32 heavy (non-hydrogen) atoms. The summed E-state index contributed by atoms with van der Waals surface area (Å²) >= 11 is 1.28. The number of hydrogen-bond donors (Lipinski definition) is 0. The van der Waals surface area contributed by atoms with Crippen LogP contribution in [0.15, 0.2) is 48.7 Å². The van der Waals surface area contributed by atoms with Crippen LogP contribution < -0.4 is 4.90 Å². The van der Waals surface area contributed by atoms with Crippen molar-refractivity contribution in [3.63, 3.8) is 0 Å². The number of nitro groups is 1. The van der Waals surface area contributed by atoms with E-state index in [2.05, 4.69) is 15.3 Å². The molecule has 0 aliphatic carbocycles. The number of carbonyl (C=O) groups excluding carboxylic acids is 3. The molecule has 0 saturated carbocycles. The molecule has 0 atom stereocenters. The molecular formula is C20H12N6O5S. The van der Waals surface area contributed by atoms with Gasteiger partial charge in [0.2, 0.25) is 5.78 Å². The average molecular weight is 448 g/mol. The number of thiazole rings is 1. The second kappa shape index (κ2) is 7.42. The summed E-state index contributed by atoms with van der Waals surface area (Å²) in [5, 5.41) is 19.6. The number of benzene rings is 2. The summed E-state index contributed by atoms with van der Waals surface area (Å²) in [6.45, 7) is -0.311. The van der Waals surface area contributed by atoms with Gasteiger partial charge in [0.25, 0.3) is 17.4 Å². The number of Topliss-reactive ketones (excluding diaryl/α,β-unsaturated/α-hetero) is 2. The maximum absolute atomic E-state index is 12.6. The lowest BCUT2D eigenvalue weighted by Crippen LogP contribution is -2.29. The third kappa shape index (κ3) is 3.22. The van der Waals surface area contributed by atoms with Gasteiger partial charge >= 0.3 is 0 Å². The Morgan fingerprint density at radius 3 is 2.72 bits per heavy atom. The van der Waals surface area contributed by atoms with Crippen molar-refractivity contribution >= 4 is 50.4 Å². The van der Waals surface area contributed by atoms with Crippen molar-refractivity contribution < 1.29 is 19.3 Å².